The molecule has 80 valence electrons. The zero-order valence-electron chi connectivity index (χ0n) is 8.79. The van der Waals surface area contributed by atoms with E-state index < -0.39 is 5.97 Å². The van der Waals surface area contributed by atoms with Gasteiger partial charge in [0.15, 0.2) is 0 Å². The molecule has 1 atom stereocenters. The fourth-order valence-corrected chi connectivity index (χ4v) is 2.13. The lowest BCUT2D eigenvalue weighted by Gasteiger charge is -2.43. The summed E-state index contributed by atoms with van der Waals surface area (Å²) in [5.41, 5.74) is 1.94. The Morgan fingerprint density at radius 1 is 1.60 bits per heavy atom. The van der Waals surface area contributed by atoms with Gasteiger partial charge in [-0.2, -0.15) is 0 Å². The van der Waals surface area contributed by atoms with Crippen molar-refractivity contribution in [1.82, 2.24) is 5.32 Å². The van der Waals surface area contributed by atoms with E-state index in [4.69, 9.17) is 5.11 Å². The van der Waals surface area contributed by atoms with E-state index in [-0.39, 0.29) is 12.0 Å². The number of hydrogen-bond donors (Lipinski definition) is 2. The molecule has 2 N–H and O–H groups in total. The molecule has 0 amide bonds. The molecule has 3 nitrogen and oxygen atoms in total. The molecule has 1 aliphatic heterocycles. The van der Waals surface area contributed by atoms with Crippen LogP contribution in [0.25, 0.3) is 0 Å². The minimum Gasteiger partial charge on any atom is -0.481 e. The Bertz CT molecular complexity index is 383. The van der Waals surface area contributed by atoms with Crippen molar-refractivity contribution in [2.24, 2.45) is 0 Å². The lowest BCUT2D eigenvalue weighted by atomic mass is 9.78. The smallest absolute Gasteiger partial charge is 0.305 e. The molecule has 0 radical (unpaired) electrons. The Morgan fingerprint density at radius 3 is 2.80 bits per heavy atom. The fourth-order valence-electron chi connectivity index (χ4n) is 2.13. The lowest BCUT2D eigenvalue weighted by Crippen LogP contribution is -2.55. The second-order valence-electron chi connectivity index (χ2n) is 4.20. The van der Waals surface area contributed by atoms with Gasteiger partial charge in [-0.3, -0.25) is 4.79 Å². The van der Waals surface area contributed by atoms with E-state index in [2.05, 4.69) is 11.4 Å². The van der Waals surface area contributed by atoms with E-state index in [0.717, 1.165) is 18.5 Å². The molecule has 1 heterocycles. The Kier molecular flexibility index (Phi) is 2.49. The van der Waals surface area contributed by atoms with E-state index in [1.165, 1.54) is 5.56 Å². The van der Waals surface area contributed by atoms with Gasteiger partial charge >= 0.3 is 5.97 Å². The van der Waals surface area contributed by atoms with Gasteiger partial charge in [0, 0.05) is 0 Å². The summed E-state index contributed by atoms with van der Waals surface area (Å²) >= 11 is 0. The van der Waals surface area contributed by atoms with Crippen LogP contribution in [-0.2, 0) is 10.3 Å². The summed E-state index contributed by atoms with van der Waals surface area (Å²) in [7, 11) is 0. The zero-order chi connectivity index (χ0) is 10.9. The van der Waals surface area contributed by atoms with Crippen molar-refractivity contribution < 1.29 is 9.90 Å². The van der Waals surface area contributed by atoms with Gasteiger partial charge in [0.25, 0.3) is 0 Å². The molecule has 3 heteroatoms. The first kappa shape index (κ1) is 10.2. The maximum atomic E-state index is 10.8. The number of rotatable bonds is 3. The van der Waals surface area contributed by atoms with Crippen LogP contribution in [0.5, 0.6) is 0 Å². The highest BCUT2D eigenvalue weighted by atomic mass is 16.4. The van der Waals surface area contributed by atoms with Crippen LogP contribution >= 0.6 is 0 Å². The molecule has 0 bridgehead atoms. The minimum absolute atomic E-state index is 0.163. The van der Waals surface area contributed by atoms with Crippen LogP contribution in [0.3, 0.4) is 0 Å². The zero-order valence-corrected chi connectivity index (χ0v) is 8.79. The molecule has 0 aliphatic carbocycles. The number of carboxylic acid groups (broad SMARTS) is 1. The minimum atomic E-state index is -0.747. The van der Waals surface area contributed by atoms with Crippen molar-refractivity contribution in [3.8, 4) is 0 Å². The number of carbonyl (C=O) groups is 1. The van der Waals surface area contributed by atoms with Crippen LogP contribution in [-0.4, -0.2) is 17.6 Å². The van der Waals surface area contributed by atoms with Gasteiger partial charge in [-0.05, 0) is 25.5 Å². The second-order valence-corrected chi connectivity index (χ2v) is 4.20. The molecule has 0 aromatic heterocycles. The highest BCUT2D eigenvalue weighted by Gasteiger charge is 2.40. The molecule has 1 aliphatic rings. The molecule has 1 unspecified atom stereocenters. The molecule has 0 saturated carbocycles. The van der Waals surface area contributed by atoms with Crippen molar-refractivity contribution in [3.63, 3.8) is 0 Å². The molecule has 2 rings (SSSR count). The van der Waals surface area contributed by atoms with Gasteiger partial charge in [-0.1, -0.05) is 29.8 Å². The number of hydrogen-bond acceptors (Lipinski definition) is 2. The first-order valence-corrected chi connectivity index (χ1v) is 5.16. The summed E-state index contributed by atoms with van der Waals surface area (Å²) < 4.78 is 0. The quantitative estimate of drug-likeness (QED) is 0.789. The fraction of sp³-hybridized carbons (Fsp3) is 0.417. The third kappa shape index (κ3) is 1.88. The van der Waals surface area contributed by atoms with E-state index in [9.17, 15) is 4.79 Å². The van der Waals surface area contributed by atoms with Crippen molar-refractivity contribution in [2.75, 3.05) is 6.54 Å². The summed E-state index contributed by atoms with van der Waals surface area (Å²) in [5, 5.41) is 12.2. The number of nitrogens with one attached hydrogen (secondary N) is 1. The third-order valence-electron chi connectivity index (χ3n) is 3.04. The monoisotopic (exact) mass is 205 g/mol. The van der Waals surface area contributed by atoms with E-state index in [1.54, 1.807) is 0 Å². The molecular formula is C12H15NO2. The van der Waals surface area contributed by atoms with Crippen LogP contribution in [0.2, 0.25) is 0 Å². The van der Waals surface area contributed by atoms with Gasteiger partial charge in [-0.15, -0.1) is 0 Å². The van der Waals surface area contributed by atoms with Gasteiger partial charge in [0.05, 0.1) is 12.0 Å². The maximum Gasteiger partial charge on any atom is 0.305 e. The highest BCUT2D eigenvalue weighted by Crippen LogP contribution is 2.34. The average molecular weight is 205 g/mol. The lowest BCUT2D eigenvalue weighted by molar-refractivity contribution is -0.139. The Balaban J connectivity index is 2.29. The molecule has 15 heavy (non-hydrogen) atoms. The Labute approximate surface area is 89.1 Å². The van der Waals surface area contributed by atoms with Crippen molar-refractivity contribution in [3.05, 3.63) is 35.4 Å². The first-order valence-electron chi connectivity index (χ1n) is 5.16. The number of carboxylic acids is 1. The van der Waals surface area contributed by atoms with Crippen LogP contribution in [0.4, 0.5) is 0 Å². The molecular weight excluding hydrogens is 190 g/mol. The number of benzene rings is 1. The van der Waals surface area contributed by atoms with Gasteiger partial charge < -0.3 is 10.4 Å². The van der Waals surface area contributed by atoms with Gasteiger partial charge in [0.2, 0.25) is 0 Å². The van der Waals surface area contributed by atoms with Crippen molar-refractivity contribution in [1.29, 1.82) is 0 Å². The standard InChI is InChI=1S/C12H15NO2/c1-9-3-2-4-10(7-9)12(5-6-13-12)8-11(14)15/h2-4,7,13H,5-6,8H2,1H3,(H,14,15). The van der Waals surface area contributed by atoms with Crippen LogP contribution < -0.4 is 5.32 Å². The predicted octanol–water partition coefficient (Wildman–Crippen LogP) is 1.66. The molecule has 0 spiro atoms. The van der Waals surface area contributed by atoms with Crippen molar-refractivity contribution >= 4 is 5.97 Å². The number of aryl methyl sites for hydroxylation is 1. The summed E-state index contributed by atoms with van der Waals surface area (Å²) in [6, 6.07) is 8.07. The Morgan fingerprint density at radius 2 is 2.33 bits per heavy atom. The largest absolute Gasteiger partial charge is 0.481 e. The van der Waals surface area contributed by atoms with E-state index >= 15 is 0 Å². The van der Waals surface area contributed by atoms with Crippen LogP contribution in [0.15, 0.2) is 24.3 Å². The van der Waals surface area contributed by atoms with Gasteiger partial charge in [0.1, 0.15) is 0 Å². The first-order chi connectivity index (χ1) is 7.12. The topological polar surface area (TPSA) is 49.3 Å². The van der Waals surface area contributed by atoms with Gasteiger partial charge in [-0.25, -0.2) is 0 Å². The molecule has 1 saturated heterocycles. The van der Waals surface area contributed by atoms with Crippen molar-refractivity contribution in [2.45, 2.75) is 25.3 Å². The summed E-state index contributed by atoms with van der Waals surface area (Å²) in [6.07, 6.45) is 1.07. The van der Waals surface area contributed by atoms with Crippen LogP contribution in [0.1, 0.15) is 24.0 Å². The summed E-state index contributed by atoms with van der Waals surface area (Å²) in [4.78, 5) is 10.8. The molecule has 1 aromatic rings. The summed E-state index contributed by atoms with van der Waals surface area (Å²) in [5.74, 6) is -0.747. The van der Waals surface area contributed by atoms with Crippen LogP contribution in [0, 0.1) is 6.92 Å². The maximum absolute atomic E-state index is 10.8. The summed E-state index contributed by atoms with van der Waals surface area (Å²) in [6.45, 7) is 2.93. The normalized spacial score (nSPS) is 24.6. The second kappa shape index (κ2) is 3.66. The van der Waals surface area contributed by atoms with E-state index in [1.807, 2.05) is 25.1 Å². The number of aliphatic carboxylic acids is 1. The molecule has 1 aromatic carbocycles. The molecule has 1 fully saturated rings. The Hall–Kier alpha value is -1.35. The SMILES string of the molecule is Cc1cccc(C2(CC(=O)O)CCN2)c1. The predicted molar refractivity (Wildman–Crippen MR) is 57.7 cm³/mol. The third-order valence-corrected chi connectivity index (χ3v) is 3.04. The average Bonchev–Trinajstić information content (AvgIpc) is 2.11. The highest BCUT2D eigenvalue weighted by molar-refractivity contribution is 5.69. The van der Waals surface area contributed by atoms with E-state index in [0.29, 0.717) is 0 Å².